The molecule has 0 aliphatic heterocycles. The maximum absolute atomic E-state index is 12.7. The van der Waals surface area contributed by atoms with Gasteiger partial charge < -0.3 is 0 Å². The Morgan fingerprint density at radius 2 is 1.39 bits per heavy atom. The van der Waals surface area contributed by atoms with Crippen LogP contribution in [0, 0.1) is 0 Å². The van der Waals surface area contributed by atoms with E-state index >= 15 is 0 Å². The van der Waals surface area contributed by atoms with Crippen LogP contribution in [0.15, 0.2) is 0 Å². The molecule has 0 saturated heterocycles. The van der Waals surface area contributed by atoms with E-state index in [0.717, 1.165) is 0 Å². The molecule has 18 heavy (non-hydrogen) atoms. The Morgan fingerprint density at radius 1 is 0.944 bits per heavy atom. The monoisotopic (exact) mass is 282 g/mol. The molecule has 0 bridgehead atoms. The topological polar surface area (TPSA) is 34.1 Å². The predicted octanol–water partition coefficient (Wildman–Crippen LogP) is 3.15. The first-order chi connectivity index (χ1) is 7.88. The first kappa shape index (κ1) is 16.9. The summed E-state index contributed by atoms with van der Waals surface area (Å²) in [5, 5.41) is 0. The Balaban J connectivity index is 5.04. The summed E-state index contributed by atoms with van der Waals surface area (Å²) in [5.74, 6) is -16.3. The smallest absolute Gasteiger partial charge is 0.299 e. The van der Waals surface area contributed by atoms with Crippen LogP contribution >= 0.6 is 0 Å². The lowest BCUT2D eigenvalue weighted by Gasteiger charge is -2.26. The van der Waals surface area contributed by atoms with Crippen LogP contribution in [0.3, 0.4) is 0 Å². The second-order valence-electron chi connectivity index (χ2n) is 3.54. The minimum absolute atomic E-state index is 0.160. The Morgan fingerprint density at radius 3 is 1.72 bits per heavy atom. The van der Waals surface area contributed by atoms with Crippen molar-refractivity contribution in [2.24, 2.45) is 0 Å². The quantitative estimate of drug-likeness (QED) is 0.554. The highest BCUT2D eigenvalue weighted by Crippen LogP contribution is 2.47. The van der Waals surface area contributed by atoms with Gasteiger partial charge in [-0.25, -0.2) is 0 Å². The molecule has 106 valence electrons. The zero-order valence-electron chi connectivity index (χ0n) is 9.08. The fraction of sp³-hybridized carbons (Fsp3) is 0.778. The van der Waals surface area contributed by atoms with Crippen LogP contribution in [-0.4, -0.2) is 29.6 Å². The highest BCUT2D eigenvalue weighted by atomic mass is 19.4. The Bertz CT molecular complexity index is 332. The lowest BCUT2D eigenvalue weighted by molar-refractivity contribution is -0.343. The minimum atomic E-state index is -6.57. The number of carbonyl (C=O) groups excluding carboxylic acids is 2. The molecule has 0 aromatic heterocycles. The molecule has 0 rings (SSSR count). The number of ketones is 2. The summed E-state index contributed by atoms with van der Waals surface area (Å²) in [4.78, 5) is 21.5. The van der Waals surface area contributed by atoms with Gasteiger partial charge in [-0.2, -0.15) is 30.7 Å². The van der Waals surface area contributed by atoms with Crippen LogP contribution in [0.4, 0.5) is 30.7 Å². The lowest BCUT2D eigenvalue weighted by atomic mass is 10.0. The molecule has 2 nitrogen and oxygen atoms in total. The molecular formula is C9H9F7O2. The van der Waals surface area contributed by atoms with Crippen LogP contribution in [-0.2, 0) is 9.59 Å². The second-order valence-corrected chi connectivity index (χ2v) is 3.54. The van der Waals surface area contributed by atoms with Crippen molar-refractivity contribution in [2.75, 3.05) is 0 Å². The summed E-state index contributed by atoms with van der Waals surface area (Å²) >= 11 is 0. The van der Waals surface area contributed by atoms with E-state index in [-0.39, 0.29) is 12.8 Å². The van der Waals surface area contributed by atoms with E-state index in [0.29, 0.717) is 0 Å². The molecule has 0 N–H and O–H groups in total. The number of carbonyl (C=O) groups is 2. The first-order valence-corrected chi connectivity index (χ1v) is 4.75. The van der Waals surface area contributed by atoms with E-state index in [9.17, 15) is 40.3 Å². The number of hydrogen-bond donors (Lipinski definition) is 0. The van der Waals surface area contributed by atoms with E-state index in [1.165, 1.54) is 6.92 Å². The molecule has 0 saturated carbocycles. The number of hydrogen-bond acceptors (Lipinski definition) is 2. The highest BCUT2D eigenvalue weighted by Gasteiger charge is 2.75. The largest absolute Gasteiger partial charge is 0.460 e. The third-order valence-corrected chi connectivity index (χ3v) is 1.99. The van der Waals surface area contributed by atoms with Crippen LogP contribution in [0.5, 0.6) is 0 Å². The van der Waals surface area contributed by atoms with Gasteiger partial charge in [-0.05, 0) is 6.42 Å². The summed E-state index contributed by atoms with van der Waals surface area (Å²) in [6.07, 6.45) is -8.40. The van der Waals surface area contributed by atoms with Gasteiger partial charge in [0, 0.05) is 6.42 Å². The van der Waals surface area contributed by atoms with Gasteiger partial charge in [-0.15, -0.1) is 0 Å². The molecule has 0 aromatic rings. The summed E-state index contributed by atoms with van der Waals surface area (Å²) in [6.45, 7) is 1.45. The van der Waals surface area contributed by atoms with Crippen molar-refractivity contribution in [1.29, 1.82) is 0 Å². The third-order valence-electron chi connectivity index (χ3n) is 1.99. The first-order valence-electron chi connectivity index (χ1n) is 4.75. The van der Waals surface area contributed by atoms with E-state index < -0.39 is 36.0 Å². The van der Waals surface area contributed by atoms with Gasteiger partial charge in [0.1, 0.15) is 5.78 Å². The van der Waals surface area contributed by atoms with E-state index in [4.69, 9.17) is 0 Å². The molecule has 0 fully saturated rings. The van der Waals surface area contributed by atoms with Crippen molar-refractivity contribution in [3.05, 3.63) is 0 Å². The highest BCUT2D eigenvalue weighted by molar-refractivity contribution is 6.02. The van der Waals surface area contributed by atoms with Crippen LogP contribution < -0.4 is 0 Å². The Labute approximate surface area is 97.1 Å². The summed E-state index contributed by atoms with van der Waals surface area (Å²) in [7, 11) is 0. The van der Waals surface area contributed by atoms with E-state index in [1.54, 1.807) is 0 Å². The Hall–Kier alpha value is -1.15. The molecule has 0 atom stereocenters. The van der Waals surface area contributed by atoms with E-state index in [2.05, 4.69) is 0 Å². The van der Waals surface area contributed by atoms with Crippen molar-refractivity contribution >= 4 is 11.6 Å². The molecule has 0 spiro atoms. The van der Waals surface area contributed by atoms with Gasteiger partial charge in [0.25, 0.3) is 0 Å². The Kier molecular flexibility index (Phi) is 4.90. The van der Waals surface area contributed by atoms with Gasteiger partial charge in [0.2, 0.25) is 5.78 Å². The van der Waals surface area contributed by atoms with Crippen LogP contribution in [0.25, 0.3) is 0 Å². The molecule has 0 radical (unpaired) electrons. The number of alkyl halides is 7. The number of Topliss-reactive ketones (excluding diaryl/α,β-unsaturated/α-hetero) is 2. The molecule has 0 aliphatic carbocycles. The fourth-order valence-electron chi connectivity index (χ4n) is 1.01. The van der Waals surface area contributed by atoms with Crippen molar-refractivity contribution < 1.29 is 40.3 Å². The molecule has 0 amide bonds. The van der Waals surface area contributed by atoms with Gasteiger partial charge in [-0.1, -0.05) is 6.92 Å². The van der Waals surface area contributed by atoms with Gasteiger partial charge in [0.05, 0.1) is 6.42 Å². The standard InChI is InChI=1S/C9H9F7O2/c1-2-3-5(17)4-6(18)7(10,11)8(12,13)9(14,15)16/h2-4H2,1H3. The van der Waals surface area contributed by atoms with E-state index in [1.807, 2.05) is 0 Å². The molecule has 9 heteroatoms. The van der Waals surface area contributed by atoms with Gasteiger partial charge in [-0.3, -0.25) is 9.59 Å². The second kappa shape index (κ2) is 5.23. The third kappa shape index (κ3) is 3.20. The van der Waals surface area contributed by atoms with Crippen molar-refractivity contribution in [1.82, 2.24) is 0 Å². The lowest BCUT2D eigenvalue weighted by Crippen LogP contribution is -2.56. The summed E-state index contributed by atoms with van der Waals surface area (Å²) in [5.41, 5.74) is 0. The van der Waals surface area contributed by atoms with Crippen LogP contribution in [0.1, 0.15) is 26.2 Å². The molecule has 0 aliphatic rings. The van der Waals surface area contributed by atoms with Crippen molar-refractivity contribution in [3.63, 3.8) is 0 Å². The van der Waals surface area contributed by atoms with Crippen molar-refractivity contribution in [3.8, 4) is 0 Å². The zero-order valence-corrected chi connectivity index (χ0v) is 9.08. The average Bonchev–Trinajstić information content (AvgIpc) is 2.15. The predicted molar refractivity (Wildman–Crippen MR) is 45.5 cm³/mol. The average molecular weight is 282 g/mol. The minimum Gasteiger partial charge on any atom is -0.299 e. The van der Waals surface area contributed by atoms with Gasteiger partial charge in [0.15, 0.2) is 0 Å². The summed E-state index contributed by atoms with van der Waals surface area (Å²) in [6, 6.07) is 0. The van der Waals surface area contributed by atoms with Gasteiger partial charge >= 0.3 is 18.0 Å². The summed E-state index contributed by atoms with van der Waals surface area (Å²) < 4.78 is 85.3. The number of halogens is 7. The maximum atomic E-state index is 12.7. The normalized spacial score (nSPS) is 13.6. The molecule has 0 heterocycles. The zero-order chi connectivity index (χ0) is 14.8. The molecule has 0 aromatic carbocycles. The fourth-order valence-corrected chi connectivity index (χ4v) is 1.01. The molecule has 0 unspecified atom stereocenters. The van der Waals surface area contributed by atoms with Crippen LogP contribution in [0.2, 0.25) is 0 Å². The van der Waals surface area contributed by atoms with Crippen molar-refractivity contribution in [2.45, 2.75) is 44.2 Å². The number of rotatable bonds is 6. The SMILES string of the molecule is CCCC(=O)CC(=O)C(F)(F)C(F)(F)C(F)(F)F. The molecular weight excluding hydrogens is 273 g/mol. The maximum Gasteiger partial charge on any atom is 0.460 e.